The number of benzene rings is 2. The first-order chi connectivity index (χ1) is 14.1. The maximum atomic E-state index is 5.40. The van der Waals surface area contributed by atoms with Gasteiger partial charge in [0, 0.05) is 45.5 Å². The van der Waals surface area contributed by atoms with Crippen molar-refractivity contribution in [1.29, 1.82) is 0 Å². The van der Waals surface area contributed by atoms with Crippen LogP contribution in [0.5, 0.6) is 5.75 Å². The van der Waals surface area contributed by atoms with Gasteiger partial charge in [-0.3, -0.25) is 4.99 Å². The van der Waals surface area contributed by atoms with Gasteiger partial charge in [0.2, 0.25) is 0 Å². The molecule has 3 rings (SSSR count). The number of hydrogen-bond acceptors (Lipinski definition) is 4. The fourth-order valence-corrected chi connectivity index (χ4v) is 3.78. The molecule has 1 unspecified atom stereocenters. The molecule has 0 saturated carbocycles. The van der Waals surface area contributed by atoms with E-state index in [2.05, 4.69) is 81.6 Å². The van der Waals surface area contributed by atoms with Gasteiger partial charge in [-0.25, -0.2) is 0 Å². The molecule has 156 valence electrons. The Morgan fingerprint density at radius 3 is 2.41 bits per heavy atom. The van der Waals surface area contributed by atoms with E-state index in [0.717, 1.165) is 44.4 Å². The SMILES string of the molecule is CN=C(NCC(c1cccc(OC)c1)N(C)C)N1CCN(c2ccccc2)CC1. The molecule has 0 bridgehead atoms. The highest BCUT2D eigenvalue weighted by atomic mass is 16.5. The molecule has 0 aromatic heterocycles. The number of ether oxygens (including phenoxy) is 1. The lowest BCUT2D eigenvalue weighted by molar-refractivity contribution is 0.291. The van der Waals surface area contributed by atoms with Crippen LogP contribution in [0.2, 0.25) is 0 Å². The zero-order valence-electron chi connectivity index (χ0n) is 18.0. The summed E-state index contributed by atoms with van der Waals surface area (Å²) in [5, 5.41) is 3.59. The van der Waals surface area contributed by atoms with E-state index >= 15 is 0 Å². The fraction of sp³-hybridized carbons (Fsp3) is 0.435. The van der Waals surface area contributed by atoms with E-state index in [-0.39, 0.29) is 6.04 Å². The second-order valence-electron chi connectivity index (χ2n) is 7.49. The highest BCUT2D eigenvalue weighted by Crippen LogP contribution is 2.22. The molecule has 2 aromatic carbocycles. The zero-order valence-corrected chi connectivity index (χ0v) is 18.0. The number of rotatable bonds is 6. The molecule has 1 aliphatic rings. The Kier molecular flexibility index (Phi) is 7.36. The van der Waals surface area contributed by atoms with E-state index in [1.54, 1.807) is 7.11 Å². The van der Waals surface area contributed by atoms with Crippen LogP contribution in [-0.2, 0) is 0 Å². The monoisotopic (exact) mass is 395 g/mol. The molecular weight excluding hydrogens is 362 g/mol. The predicted octanol–water partition coefficient (Wildman–Crippen LogP) is 2.70. The Balaban J connectivity index is 1.59. The summed E-state index contributed by atoms with van der Waals surface area (Å²) in [5.41, 5.74) is 2.52. The second-order valence-corrected chi connectivity index (χ2v) is 7.49. The Labute approximate surface area is 174 Å². The molecular formula is C23H33N5O. The van der Waals surface area contributed by atoms with Crippen molar-refractivity contribution in [2.75, 3.05) is 65.9 Å². The maximum absolute atomic E-state index is 5.40. The van der Waals surface area contributed by atoms with E-state index in [1.165, 1.54) is 11.3 Å². The molecule has 1 heterocycles. The summed E-state index contributed by atoms with van der Waals surface area (Å²) in [6.45, 7) is 4.70. The number of aliphatic imine (C=N–C) groups is 1. The van der Waals surface area contributed by atoms with Gasteiger partial charge in [-0.05, 0) is 43.9 Å². The van der Waals surface area contributed by atoms with Gasteiger partial charge in [0.25, 0.3) is 0 Å². The maximum Gasteiger partial charge on any atom is 0.193 e. The first-order valence-electron chi connectivity index (χ1n) is 10.2. The summed E-state index contributed by atoms with van der Waals surface area (Å²) >= 11 is 0. The average molecular weight is 396 g/mol. The third-order valence-electron chi connectivity index (χ3n) is 5.47. The molecule has 6 heteroatoms. The molecule has 1 N–H and O–H groups in total. The van der Waals surface area contributed by atoms with Gasteiger partial charge in [-0.1, -0.05) is 30.3 Å². The van der Waals surface area contributed by atoms with Gasteiger partial charge >= 0.3 is 0 Å². The number of guanidine groups is 1. The standard InChI is InChI=1S/C23H33N5O/c1-24-23(28-15-13-27(14-16-28)20-10-6-5-7-11-20)25-18-22(26(2)3)19-9-8-12-21(17-19)29-4/h5-12,17,22H,13-16,18H2,1-4H3,(H,24,25). The van der Waals surface area contributed by atoms with Crippen molar-refractivity contribution >= 4 is 11.6 Å². The lowest BCUT2D eigenvalue weighted by atomic mass is 10.1. The van der Waals surface area contributed by atoms with Gasteiger partial charge in [0.05, 0.1) is 13.2 Å². The summed E-state index contributed by atoms with van der Waals surface area (Å²) in [6, 6.07) is 19.1. The van der Waals surface area contributed by atoms with Gasteiger partial charge in [-0.2, -0.15) is 0 Å². The minimum Gasteiger partial charge on any atom is -0.497 e. The minimum atomic E-state index is 0.229. The zero-order chi connectivity index (χ0) is 20.6. The Bertz CT molecular complexity index is 785. The normalized spacial score (nSPS) is 16.1. The molecule has 0 amide bonds. The van der Waals surface area contributed by atoms with Crippen LogP contribution in [-0.4, -0.2) is 76.7 Å². The highest BCUT2D eigenvalue weighted by Gasteiger charge is 2.21. The third kappa shape index (κ3) is 5.41. The van der Waals surface area contributed by atoms with Gasteiger partial charge < -0.3 is 24.8 Å². The van der Waals surface area contributed by atoms with Gasteiger partial charge in [-0.15, -0.1) is 0 Å². The van der Waals surface area contributed by atoms with Crippen molar-refractivity contribution in [3.8, 4) is 5.75 Å². The molecule has 0 aliphatic carbocycles. The lowest BCUT2D eigenvalue weighted by Gasteiger charge is -2.38. The van der Waals surface area contributed by atoms with E-state index in [4.69, 9.17) is 4.74 Å². The van der Waals surface area contributed by atoms with Crippen molar-refractivity contribution in [1.82, 2.24) is 15.1 Å². The molecule has 1 fully saturated rings. The Morgan fingerprint density at radius 2 is 1.79 bits per heavy atom. The van der Waals surface area contributed by atoms with E-state index in [9.17, 15) is 0 Å². The van der Waals surface area contributed by atoms with Gasteiger partial charge in [0.1, 0.15) is 5.75 Å². The minimum absolute atomic E-state index is 0.229. The first-order valence-corrected chi connectivity index (χ1v) is 10.2. The van der Waals surface area contributed by atoms with Crippen LogP contribution in [0.1, 0.15) is 11.6 Å². The number of nitrogens with one attached hydrogen (secondary N) is 1. The number of anilines is 1. The molecule has 6 nitrogen and oxygen atoms in total. The quantitative estimate of drug-likeness (QED) is 0.602. The van der Waals surface area contributed by atoms with E-state index in [1.807, 2.05) is 19.2 Å². The van der Waals surface area contributed by atoms with Crippen LogP contribution in [0.15, 0.2) is 59.6 Å². The summed E-state index contributed by atoms with van der Waals surface area (Å²) in [6.07, 6.45) is 0. The summed E-state index contributed by atoms with van der Waals surface area (Å²) in [5.74, 6) is 1.85. The number of methoxy groups -OCH3 is 1. The van der Waals surface area contributed by atoms with E-state index in [0.29, 0.717) is 0 Å². The van der Waals surface area contributed by atoms with Crippen LogP contribution >= 0.6 is 0 Å². The summed E-state index contributed by atoms with van der Waals surface area (Å²) in [7, 11) is 7.78. The number of hydrogen-bond donors (Lipinski definition) is 1. The van der Waals surface area contributed by atoms with Crippen LogP contribution in [0, 0.1) is 0 Å². The highest BCUT2D eigenvalue weighted by molar-refractivity contribution is 5.80. The van der Waals surface area contributed by atoms with Crippen molar-refractivity contribution in [2.45, 2.75) is 6.04 Å². The molecule has 29 heavy (non-hydrogen) atoms. The molecule has 1 aliphatic heterocycles. The number of likely N-dealkylation sites (N-methyl/N-ethyl adjacent to an activating group) is 1. The van der Waals surface area contributed by atoms with Crippen LogP contribution in [0.25, 0.3) is 0 Å². The first kappa shape index (κ1) is 21.0. The number of nitrogens with zero attached hydrogens (tertiary/aromatic N) is 4. The van der Waals surface area contributed by atoms with Crippen molar-refractivity contribution in [3.63, 3.8) is 0 Å². The lowest BCUT2D eigenvalue weighted by Crippen LogP contribution is -2.53. The predicted molar refractivity (Wildman–Crippen MR) is 121 cm³/mol. The van der Waals surface area contributed by atoms with E-state index < -0.39 is 0 Å². The Morgan fingerprint density at radius 1 is 1.07 bits per heavy atom. The van der Waals surface area contributed by atoms with Crippen molar-refractivity contribution in [2.24, 2.45) is 4.99 Å². The third-order valence-corrected chi connectivity index (χ3v) is 5.47. The molecule has 0 radical (unpaired) electrons. The van der Waals surface area contributed by atoms with Crippen LogP contribution in [0.3, 0.4) is 0 Å². The largest absolute Gasteiger partial charge is 0.497 e. The number of para-hydroxylation sites is 1. The fourth-order valence-electron chi connectivity index (χ4n) is 3.78. The van der Waals surface area contributed by atoms with Gasteiger partial charge in [0.15, 0.2) is 5.96 Å². The molecule has 1 atom stereocenters. The van der Waals surface area contributed by atoms with Crippen molar-refractivity contribution in [3.05, 3.63) is 60.2 Å². The topological polar surface area (TPSA) is 43.3 Å². The second kappa shape index (κ2) is 10.2. The molecule has 0 spiro atoms. The number of piperazine rings is 1. The van der Waals surface area contributed by atoms with Crippen LogP contribution < -0.4 is 15.0 Å². The van der Waals surface area contributed by atoms with Crippen molar-refractivity contribution < 1.29 is 4.74 Å². The van der Waals surface area contributed by atoms with Crippen LogP contribution in [0.4, 0.5) is 5.69 Å². The Hall–Kier alpha value is -2.73. The average Bonchev–Trinajstić information content (AvgIpc) is 2.77. The summed E-state index contributed by atoms with van der Waals surface area (Å²) < 4.78 is 5.40. The summed E-state index contributed by atoms with van der Waals surface area (Å²) in [4.78, 5) is 11.5. The molecule has 2 aromatic rings. The molecule has 1 saturated heterocycles. The smallest absolute Gasteiger partial charge is 0.193 e.